The summed E-state index contributed by atoms with van der Waals surface area (Å²) in [5.41, 5.74) is 2.72. The standard InChI is InChI=1S/C26H28FN3O3S/c1-20-7-13-24(14-8-20)34(32,33)28-25(19-21-5-3-2-4-6-21)26(31)30-17-15-29(16-18-30)23-11-9-22(27)10-12-23/h2-14,25,28H,15-19H2,1H3/t25-/m0/s1. The highest BCUT2D eigenvalue weighted by Crippen LogP contribution is 2.19. The number of anilines is 1. The number of nitrogens with one attached hydrogen (secondary N) is 1. The minimum atomic E-state index is -3.88. The minimum absolute atomic E-state index is 0.130. The molecule has 1 aliphatic heterocycles. The van der Waals surface area contributed by atoms with Crippen LogP contribution in [-0.2, 0) is 21.2 Å². The Morgan fingerprint density at radius 3 is 2.15 bits per heavy atom. The van der Waals surface area contributed by atoms with E-state index in [1.807, 2.05) is 37.3 Å². The summed E-state index contributed by atoms with van der Waals surface area (Å²) in [5, 5.41) is 0. The number of aryl methyl sites for hydroxylation is 1. The second-order valence-corrected chi connectivity index (χ2v) is 10.2. The summed E-state index contributed by atoms with van der Waals surface area (Å²) in [7, 11) is -3.88. The van der Waals surface area contributed by atoms with Crippen molar-refractivity contribution in [3.05, 3.63) is 95.8 Å². The third-order valence-electron chi connectivity index (χ3n) is 5.99. The summed E-state index contributed by atoms with van der Waals surface area (Å²) < 4.78 is 42.0. The first kappa shape index (κ1) is 23.9. The Kier molecular flexibility index (Phi) is 7.29. The molecule has 0 spiro atoms. The van der Waals surface area contributed by atoms with Crippen molar-refractivity contribution in [1.29, 1.82) is 0 Å². The summed E-state index contributed by atoms with van der Waals surface area (Å²) in [6.45, 7) is 3.96. The molecule has 4 rings (SSSR count). The van der Waals surface area contributed by atoms with E-state index in [0.717, 1.165) is 16.8 Å². The van der Waals surface area contributed by atoms with Crippen LogP contribution in [0.3, 0.4) is 0 Å². The van der Waals surface area contributed by atoms with Crippen LogP contribution in [0.4, 0.5) is 10.1 Å². The smallest absolute Gasteiger partial charge is 0.241 e. The van der Waals surface area contributed by atoms with Crippen molar-refractivity contribution in [1.82, 2.24) is 9.62 Å². The largest absolute Gasteiger partial charge is 0.368 e. The van der Waals surface area contributed by atoms with E-state index in [2.05, 4.69) is 9.62 Å². The number of sulfonamides is 1. The number of hydrogen-bond donors (Lipinski definition) is 1. The molecule has 1 N–H and O–H groups in total. The molecule has 0 saturated carbocycles. The molecule has 3 aromatic carbocycles. The van der Waals surface area contributed by atoms with E-state index in [4.69, 9.17) is 0 Å². The first-order valence-electron chi connectivity index (χ1n) is 11.2. The maximum Gasteiger partial charge on any atom is 0.241 e. The van der Waals surface area contributed by atoms with Crippen molar-refractivity contribution in [2.24, 2.45) is 0 Å². The SMILES string of the molecule is Cc1ccc(S(=O)(=O)N[C@@H](Cc2ccccc2)C(=O)N2CCN(c3ccc(F)cc3)CC2)cc1. The van der Waals surface area contributed by atoms with Crippen LogP contribution in [-0.4, -0.2) is 51.4 Å². The average Bonchev–Trinajstić information content (AvgIpc) is 2.84. The number of hydrogen-bond acceptors (Lipinski definition) is 4. The van der Waals surface area contributed by atoms with E-state index in [1.54, 1.807) is 41.3 Å². The van der Waals surface area contributed by atoms with E-state index in [9.17, 15) is 17.6 Å². The molecule has 8 heteroatoms. The molecule has 0 radical (unpaired) electrons. The van der Waals surface area contributed by atoms with Crippen LogP contribution >= 0.6 is 0 Å². The molecule has 1 heterocycles. The van der Waals surface area contributed by atoms with Crippen LogP contribution in [0.1, 0.15) is 11.1 Å². The van der Waals surface area contributed by atoms with Gasteiger partial charge >= 0.3 is 0 Å². The summed E-state index contributed by atoms with van der Waals surface area (Å²) >= 11 is 0. The van der Waals surface area contributed by atoms with E-state index < -0.39 is 16.1 Å². The van der Waals surface area contributed by atoms with Gasteiger partial charge in [-0.3, -0.25) is 4.79 Å². The molecular weight excluding hydrogens is 453 g/mol. The Bertz CT molecular complexity index is 1210. The van der Waals surface area contributed by atoms with Crippen LogP contribution in [0.2, 0.25) is 0 Å². The van der Waals surface area contributed by atoms with Crippen molar-refractivity contribution in [3.8, 4) is 0 Å². The fourth-order valence-corrected chi connectivity index (χ4v) is 5.25. The predicted molar refractivity (Wildman–Crippen MR) is 131 cm³/mol. The molecule has 1 amide bonds. The number of rotatable bonds is 7. The number of nitrogens with zero attached hydrogens (tertiary/aromatic N) is 2. The molecule has 3 aromatic rings. The quantitative estimate of drug-likeness (QED) is 0.562. The lowest BCUT2D eigenvalue weighted by Gasteiger charge is -2.37. The number of benzene rings is 3. The molecule has 178 valence electrons. The third kappa shape index (κ3) is 5.81. The highest BCUT2D eigenvalue weighted by Gasteiger charge is 2.31. The highest BCUT2D eigenvalue weighted by atomic mass is 32.2. The first-order valence-corrected chi connectivity index (χ1v) is 12.7. The van der Waals surface area contributed by atoms with Gasteiger partial charge in [0.25, 0.3) is 0 Å². The van der Waals surface area contributed by atoms with Crippen molar-refractivity contribution in [2.75, 3.05) is 31.1 Å². The van der Waals surface area contributed by atoms with E-state index in [0.29, 0.717) is 26.2 Å². The summed E-state index contributed by atoms with van der Waals surface area (Å²) in [5.74, 6) is -0.541. The Morgan fingerprint density at radius 1 is 0.912 bits per heavy atom. The molecule has 1 fully saturated rings. The van der Waals surface area contributed by atoms with Crippen LogP contribution in [0.5, 0.6) is 0 Å². The van der Waals surface area contributed by atoms with Gasteiger partial charge in [0.15, 0.2) is 0 Å². The lowest BCUT2D eigenvalue weighted by molar-refractivity contribution is -0.133. The van der Waals surface area contributed by atoms with Gasteiger partial charge in [0.1, 0.15) is 11.9 Å². The fourth-order valence-electron chi connectivity index (χ4n) is 4.06. The van der Waals surface area contributed by atoms with Gasteiger partial charge in [0.05, 0.1) is 4.90 Å². The zero-order valence-corrected chi connectivity index (χ0v) is 19.8. The number of carbonyl (C=O) groups excluding carboxylic acids is 1. The van der Waals surface area contributed by atoms with Gasteiger partial charge in [-0.2, -0.15) is 4.72 Å². The van der Waals surface area contributed by atoms with Gasteiger partial charge in [0, 0.05) is 31.9 Å². The molecule has 0 unspecified atom stereocenters. The molecule has 0 aromatic heterocycles. The van der Waals surface area contributed by atoms with E-state index in [-0.39, 0.29) is 23.0 Å². The van der Waals surface area contributed by atoms with Crippen molar-refractivity contribution in [2.45, 2.75) is 24.3 Å². The number of amides is 1. The second kappa shape index (κ2) is 10.4. The zero-order chi connectivity index (χ0) is 24.1. The monoisotopic (exact) mass is 481 g/mol. The number of carbonyl (C=O) groups is 1. The molecular formula is C26H28FN3O3S. The molecule has 0 aliphatic carbocycles. The first-order chi connectivity index (χ1) is 16.3. The lowest BCUT2D eigenvalue weighted by atomic mass is 10.1. The summed E-state index contributed by atoms with van der Waals surface area (Å²) in [4.78, 5) is 17.4. The zero-order valence-electron chi connectivity index (χ0n) is 19.0. The second-order valence-electron chi connectivity index (χ2n) is 8.47. The van der Waals surface area contributed by atoms with Crippen molar-refractivity contribution >= 4 is 21.6 Å². The van der Waals surface area contributed by atoms with Gasteiger partial charge in [-0.15, -0.1) is 0 Å². The maximum absolute atomic E-state index is 13.5. The van der Waals surface area contributed by atoms with Gasteiger partial charge < -0.3 is 9.80 Å². The third-order valence-corrected chi connectivity index (χ3v) is 7.48. The molecule has 34 heavy (non-hydrogen) atoms. The summed E-state index contributed by atoms with van der Waals surface area (Å²) in [6.07, 6.45) is 0.253. The van der Waals surface area contributed by atoms with Gasteiger partial charge in [0.2, 0.25) is 15.9 Å². The van der Waals surface area contributed by atoms with Crippen LogP contribution in [0.15, 0.2) is 83.8 Å². The molecule has 0 bridgehead atoms. The topological polar surface area (TPSA) is 69.7 Å². The Morgan fingerprint density at radius 2 is 1.53 bits per heavy atom. The Balaban J connectivity index is 1.50. The number of piperazine rings is 1. The van der Waals surface area contributed by atoms with Gasteiger partial charge in [-0.05, 0) is 55.3 Å². The van der Waals surface area contributed by atoms with Crippen LogP contribution in [0, 0.1) is 12.7 Å². The Hall–Kier alpha value is -3.23. The maximum atomic E-state index is 13.5. The highest BCUT2D eigenvalue weighted by molar-refractivity contribution is 7.89. The predicted octanol–water partition coefficient (Wildman–Crippen LogP) is 3.37. The van der Waals surface area contributed by atoms with E-state index >= 15 is 0 Å². The molecule has 1 saturated heterocycles. The summed E-state index contributed by atoms with van der Waals surface area (Å²) in [6, 6.07) is 21.3. The molecule has 6 nitrogen and oxygen atoms in total. The van der Waals surface area contributed by atoms with Crippen LogP contribution in [0.25, 0.3) is 0 Å². The van der Waals surface area contributed by atoms with E-state index in [1.165, 1.54) is 12.1 Å². The molecule has 1 atom stereocenters. The fraction of sp³-hybridized carbons (Fsp3) is 0.269. The average molecular weight is 482 g/mol. The van der Waals surface area contributed by atoms with Crippen LogP contribution < -0.4 is 9.62 Å². The number of halogens is 1. The Labute approximate surface area is 200 Å². The molecule has 1 aliphatic rings. The van der Waals surface area contributed by atoms with Crippen molar-refractivity contribution < 1.29 is 17.6 Å². The van der Waals surface area contributed by atoms with Crippen molar-refractivity contribution in [3.63, 3.8) is 0 Å². The lowest BCUT2D eigenvalue weighted by Crippen LogP contribution is -2.55. The van der Waals surface area contributed by atoms with Gasteiger partial charge in [-0.25, -0.2) is 12.8 Å². The minimum Gasteiger partial charge on any atom is -0.368 e. The van der Waals surface area contributed by atoms with Gasteiger partial charge in [-0.1, -0.05) is 48.0 Å². The normalized spacial score (nSPS) is 15.2.